The van der Waals surface area contributed by atoms with Gasteiger partial charge in [0.1, 0.15) is 4.90 Å². The van der Waals surface area contributed by atoms with Gasteiger partial charge in [-0.1, -0.05) is 23.2 Å². The normalized spacial score (nSPS) is 20.9. The summed E-state index contributed by atoms with van der Waals surface area (Å²) in [6.07, 6.45) is 0.558. The zero-order valence-corrected chi connectivity index (χ0v) is 12.6. The Bertz CT molecular complexity index is 569. The summed E-state index contributed by atoms with van der Waals surface area (Å²) in [5.41, 5.74) is 5.79. The van der Waals surface area contributed by atoms with E-state index >= 15 is 0 Å². The first-order valence-corrected chi connectivity index (χ1v) is 7.83. The van der Waals surface area contributed by atoms with Crippen molar-refractivity contribution in [3.8, 4) is 0 Å². The van der Waals surface area contributed by atoms with E-state index in [9.17, 15) is 8.42 Å². The predicted molar refractivity (Wildman–Crippen MR) is 75.0 cm³/mol. The van der Waals surface area contributed by atoms with Gasteiger partial charge in [0.2, 0.25) is 10.0 Å². The second kappa shape index (κ2) is 5.46. The number of hydrogen-bond donors (Lipinski definition) is 1. The monoisotopic (exact) mass is 324 g/mol. The number of sulfonamides is 1. The maximum absolute atomic E-state index is 12.5. The number of ether oxygens (including phenoxy) is 1. The molecule has 1 aliphatic heterocycles. The van der Waals surface area contributed by atoms with Gasteiger partial charge in [-0.05, 0) is 18.6 Å². The van der Waals surface area contributed by atoms with E-state index in [1.807, 2.05) is 0 Å². The molecule has 1 heterocycles. The Labute approximate surface area is 122 Å². The van der Waals surface area contributed by atoms with Gasteiger partial charge in [0.05, 0.1) is 16.8 Å². The first-order valence-electron chi connectivity index (χ1n) is 5.63. The van der Waals surface area contributed by atoms with Crippen LogP contribution in [0.3, 0.4) is 0 Å². The van der Waals surface area contributed by atoms with Crippen LogP contribution in [0.5, 0.6) is 0 Å². The van der Waals surface area contributed by atoms with Gasteiger partial charge in [-0.15, -0.1) is 0 Å². The van der Waals surface area contributed by atoms with Crippen LogP contribution < -0.4 is 5.73 Å². The summed E-state index contributed by atoms with van der Waals surface area (Å²) in [6.45, 7) is 0.691. The van der Waals surface area contributed by atoms with Crippen LogP contribution in [0.25, 0.3) is 0 Å². The molecular weight excluding hydrogens is 311 g/mol. The fourth-order valence-electron chi connectivity index (χ4n) is 2.09. The number of nitrogen functional groups attached to an aromatic ring is 1. The van der Waals surface area contributed by atoms with Crippen molar-refractivity contribution in [1.82, 2.24) is 4.31 Å². The molecular formula is C11H14Cl2N2O3S. The second-order valence-corrected chi connectivity index (χ2v) is 7.03. The lowest BCUT2D eigenvalue weighted by Gasteiger charge is -2.18. The topological polar surface area (TPSA) is 72.6 Å². The van der Waals surface area contributed by atoms with Crippen molar-refractivity contribution in [3.63, 3.8) is 0 Å². The first kappa shape index (κ1) is 14.9. The molecule has 106 valence electrons. The molecule has 1 aromatic carbocycles. The maximum atomic E-state index is 12.5. The van der Waals surface area contributed by atoms with E-state index in [1.54, 1.807) is 7.11 Å². The van der Waals surface area contributed by atoms with Crippen molar-refractivity contribution in [2.45, 2.75) is 17.4 Å². The molecule has 1 fully saturated rings. The molecule has 2 rings (SSSR count). The molecule has 0 aromatic heterocycles. The van der Waals surface area contributed by atoms with Crippen LogP contribution >= 0.6 is 23.2 Å². The average molecular weight is 325 g/mol. The molecule has 0 spiro atoms. The van der Waals surface area contributed by atoms with Crippen molar-refractivity contribution in [1.29, 1.82) is 0 Å². The summed E-state index contributed by atoms with van der Waals surface area (Å²) >= 11 is 11.8. The van der Waals surface area contributed by atoms with Crippen LogP contribution in [0.2, 0.25) is 10.0 Å². The highest BCUT2D eigenvalue weighted by Gasteiger charge is 2.35. The number of methoxy groups -OCH3 is 1. The van der Waals surface area contributed by atoms with Crippen molar-refractivity contribution in [3.05, 3.63) is 22.2 Å². The van der Waals surface area contributed by atoms with Gasteiger partial charge in [0.15, 0.2) is 0 Å². The van der Waals surface area contributed by atoms with E-state index in [0.717, 1.165) is 0 Å². The number of hydrogen-bond acceptors (Lipinski definition) is 4. The minimum Gasteiger partial charge on any atom is -0.398 e. The molecule has 19 heavy (non-hydrogen) atoms. The van der Waals surface area contributed by atoms with Gasteiger partial charge in [0, 0.05) is 25.2 Å². The summed E-state index contributed by atoms with van der Waals surface area (Å²) in [5, 5.41) is 0.337. The molecule has 1 atom stereocenters. The lowest BCUT2D eigenvalue weighted by molar-refractivity contribution is 0.115. The minimum atomic E-state index is -3.72. The van der Waals surface area contributed by atoms with Crippen molar-refractivity contribution < 1.29 is 13.2 Å². The molecule has 8 heteroatoms. The zero-order chi connectivity index (χ0) is 14.2. The van der Waals surface area contributed by atoms with Gasteiger partial charge in [-0.3, -0.25) is 0 Å². The fourth-order valence-corrected chi connectivity index (χ4v) is 4.52. The van der Waals surface area contributed by atoms with E-state index < -0.39 is 10.0 Å². The van der Waals surface area contributed by atoms with Gasteiger partial charge in [0.25, 0.3) is 0 Å². The number of nitrogens with two attached hydrogens (primary N) is 1. The third-order valence-corrected chi connectivity index (χ3v) is 5.69. The molecule has 2 N–H and O–H groups in total. The maximum Gasteiger partial charge on any atom is 0.246 e. The van der Waals surface area contributed by atoms with Crippen molar-refractivity contribution in [2.24, 2.45) is 0 Å². The van der Waals surface area contributed by atoms with Crippen LogP contribution in [-0.4, -0.2) is 39.0 Å². The van der Waals surface area contributed by atoms with Crippen LogP contribution in [0, 0.1) is 0 Å². The molecule has 0 saturated carbocycles. The van der Waals surface area contributed by atoms with E-state index in [-0.39, 0.29) is 21.7 Å². The molecule has 0 amide bonds. The van der Waals surface area contributed by atoms with Gasteiger partial charge in [-0.2, -0.15) is 4.31 Å². The van der Waals surface area contributed by atoms with E-state index in [2.05, 4.69) is 0 Å². The first-order chi connectivity index (χ1) is 8.86. The quantitative estimate of drug-likeness (QED) is 0.863. The van der Waals surface area contributed by atoms with Gasteiger partial charge >= 0.3 is 0 Å². The fraction of sp³-hybridized carbons (Fsp3) is 0.455. The van der Waals surface area contributed by atoms with Crippen LogP contribution in [0.4, 0.5) is 5.69 Å². The Morgan fingerprint density at radius 2 is 2.11 bits per heavy atom. The highest BCUT2D eigenvalue weighted by atomic mass is 35.5. The molecule has 1 saturated heterocycles. The molecule has 1 aliphatic rings. The molecule has 0 radical (unpaired) electrons. The van der Waals surface area contributed by atoms with Crippen molar-refractivity contribution >= 4 is 38.9 Å². The standard InChI is InChI=1S/C11H14Cl2N2O3S/c1-18-8-2-3-15(6-8)19(16,17)11-9(13)4-7(12)5-10(11)14/h4-5,8H,2-3,6,14H2,1H3. The number of rotatable bonds is 3. The number of benzene rings is 1. The largest absolute Gasteiger partial charge is 0.398 e. The molecule has 0 aliphatic carbocycles. The highest BCUT2D eigenvalue weighted by molar-refractivity contribution is 7.89. The zero-order valence-electron chi connectivity index (χ0n) is 10.3. The third kappa shape index (κ3) is 2.83. The average Bonchev–Trinajstić information content (AvgIpc) is 2.75. The summed E-state index contributed by atoms with van der Waals surface area (Å²) in [6, 6.07) is 2.75. The Kier molecular flexibility index (Phi) is 4.27. The van der Waals surface area contributed by atoms with Crippen molar-refractivity contribution in [2.75, 3.05) is 25.9 Å². The van der Waals surface area contributed by atoms with E-state index in [1.165, 1.54) is 16.4 Å². The summed E-state index contributed by atoms with van der Waals surface area (Å²) in [7, 11) is -2.16. The number of halogens is 2. The summed E-state index contributed by atoms with van der Waals surface area (Å²) < 4.78 is 31.5. The Hall–Kier alpha value is -0.530. The highest BCUT2D eigenvalue weighted by Crippen LogP contribution is 2.34. The van der Waals surface area contributed by atoms with E-state index in [4.69, 9.17) is 33.7 Å². The lowest BCUT2D eigenvalue weighted by Crippen LogP contribution is -2.30. The Morgan fingerprint density at radius 3 is 2.63 bits per heavy atom. The van der Waals surface area contributed by atoms with Crippen LogP contribution in [-0.2, 0) is 14.8 Å². The molecule has 5 nitrogen and oxygen atoms in total. The smallest absolute Gasteiger partial charge is 0.246 e. The number of nitrogens with zero attached hydrogens (tertiary/aromatic N) is 1. The molecule has 0 bridgehead atoms. The summed E-state index contributed by atoms with van der Waals surface area (Å²) in [5.74, 6) is 0. The summed E-state index contributed by atoms with van der Waals surface area (Å²) in [4.78, 5) is -0.0877. The third-order valence-electron chi connectivity index (χ3n) is 3.08. The van der Waals surface area contributed by atoms with Crippen LogP contribution in [0.15, 0.2) is 17.0 Å². The number of anilines is 1. The van der Waals surface area contributed by atoms with Crippen LogP contribution in [0.1, 0.15) is 6.42 Å². The molecule has 1 aromatic rings. The van der Waals surface area contributed by atoms with E-state index in [0.29, 0.717) is 24.5 Å². The lowest BCUT2D eigenvalue weighted by atomic mass is 10.3. The molecule has 1 unspecified atom stereocenters. The second-order valence-electron chi connectivity index (χ2n) is 4.32. The van der Waals surface area contributed by atoms with Gasteiger partial charge < -0.3 is 10.5 Å². The van der Waals surface area contributed by atoms with Gasteiger partial charge in [-0.25, -0.2) is 8.42 Å². The predicted octanol–water partition coefficient (Wildman–Crippen LogP) is 1.99. The Balaban J connectivity index is 2.41. The minimum absolute atomic E-state index is 0.0332. The SMILES string of the molecule is COC1CCN(S(=O)(=O)c2c(N)cc(Cl)cc2Cl)C1. The Morgan fingerprint density at radius 1 is 1.42 bits per heavy atom.